The molecular weight excluding hydrogens is 186 g/mol. The SMILES string of the molecule is Cn1nccc1-c1nc(C=O)cs1. The molecule has 2 aromatic rings. The highest BCUT2D eigenvalue weighted by Crippen LogP contribution is 2.21. The molecule has 0 aliphatic rings. The fourth-order valence-electron chi connectivity index (χ4n) is 1.04. The molecule has 2 aromatic heterocycles. The van der Waals surface area contributed by atoms with Crippen LogP contribution in [0.5, 0.6) is 0 Å². The summed E-state index contributed by atoms with van der Waals surface area (Å²) >= 11 is 1.44. The van der Waals surface area contributed by atoms with E-state index in [4.69, 9.17) is 0 Å². The normalized spacial score (nSPS) is 10.2. The lowest BCUT2D eigenvalue weighted by atomic mass is 10.4. The first-order valence-corrected chi connectivity index (χ1v) is 4.58. The highest BCUT2D eigenvalue weighted by molar-refractivity contribution is 7.13. The predicted octanol–water partition coefficient (Wildman–Crippen LogP) is 1.36. The van der Waals surface area contributed by atoms with E-state index in [-0.39, 0.29) is 0 Å². The summed E-state index contributed by atoms with van der Waals surface area (Å²) in [4.78, 5) is 14.5. The molecule has 13 heavy (non-hydrogen) atoms. The number of rotatable bonds is 2. The molecule has 0 aliphatic heterocycles. The van der Waals surface area contributed by atoms with E-state index in [0.717, 1.165) is 17.0 Å². The van der Waals surface area contributed by atoms with Crippen LogP contribution < -0.4 is 0 Å². The minimum absolute atomic E-state index is 0.473. The Labute approximate surface area is 78.8 Å². The van der Waals surface area contributed by atoms with Gasteiger partial charge in [0.15, 0.2) is 6.29 Å². The molecule has 0 bridgehead atoms. The van der Waals surface area contributed by atoms with Crippen molar-refractivity contribution in [2.45, 2.75) is 0 Å². The van der Waals surface area contributed by atoms with E-state index in [9.17, 15) is 4.79 Å². The Balaban J connectivity index is 2.46. The van der Waals surface area contributed by atoms with E-state index in [1.54, 1.807) is 16.3 Å². The van der Waals surface area contributed by atoms with Crippen molar-refractivity contribution in [2.24, 2.45) is 7.05 Å². The van der Waals surface area contributed by atoms with E-state index >= 15 is 0 Å². The van der Waals surface area contributed by atoms with Crippen LogP contribution in [0, 0.1) is 0 Å². The zero-order valence-electron chi connectivity index (χ0n) is 6.97. The number of hydrogen-bond acceptors (Lipinski definition) is 4. The van der Waals surface area contributed by atoms with Gasteiger partial charge in [0.05, 0.1) is 5.69 Å². The maximum Gasteiger partial charge on any atom is 0.169 e. The molecule has 2 heterocycles. The lowest BCUT2D eigenvalue weighted by Gasteiger charge is -1.94. The maximum absolute atomic E-state index is 10.4. The molecule has 66 valence electrons. The third kappa shape index (κ3) is 1.38. The van der Waals surface area contributed by atoms with Crippen LogP contribution in [0.3, 0.4) is 0 Å². The first kappa shape index (κ1) is 8.12. The molecule has 0 aliphatic carbocycles. The van der Waals surface area contributed by atoms with Crippen LogP contribution in [0.25, 0.3) is 10.7 Å². The minimum Gasteiger partial charge on any atom is -0.296 e. The molecule has 0 aromatic carbocycles. The predicted molar refractivity (Wildman–Crippen MR) is 49.7 cm³/mol. The number of aldehydes is 1. The van der Waals surface area contributed by atoms with Crippen LogP contribution in [0.1, 0.15) is 10.5 Å². The molecule has 5 heteroatoms. The Bertz CT molecular complexity index is 432. The van der Waals surface area contributed by atoms with Gasteiger partial charge in [0.25, 0.3) is 0 Å². The fraction of sp³-hybridized carbons (Fsp3) is 0.125. The van der Waals surface area contributed by atoms with E-state index in [1.165, 1.54) is 11.3 Å². The minimum atomic E-state index is 0.473. The lowest BCUT2D eigenvalue weighted by Crippen LogP contribution is -1.92. The molecule has 0 atom stereocenters. The third-order valence-corrected chi connectivity index (χ3v) is 2.57. The van der Waals surface area contributed by atoms with Gasteiger partial charge in [-0.15, -0.1) is 11.3 Å². The number of thiazole rings is 1. The third-order valence-electron chi connectivity index (χ3n) is 1.68. The van der Waals surface area contributed by atoms with Crippen LogP contribution in [-0.2, 0) is 7.05 Å². The van der Waals surface area contributed by atoms with Crippen LogP contribution in [0.2, 0.25) is 0 Å². The second-order valence-corrected chi connectivity index (χ2v) is 3.39. The zero-order chi connectivity index (χ0) is 9.26. The quantitative estimate of drug-likeness (QED) is 0.676. The number of carbonyl (C=O) groups is 1. The Morgan fingerprint density at radius 3 is 3.00 bits per heavy atom. The first-order valence-electron chi connectivity index (χ1n) is 3.70. The van der Waals surface area contributed by atoms with Gasteiger partial charge in [-0.3, -0.25) is 9.48 Å². The summed E-state index contributed by atoms with van der Waals surface area (Å²) in [6.07, 6.45) is 2.45. The monoisotopic (exact) mass is 193 g/mol. The Hall–Kier alpha value is -1.49. The molecule has 0 spiro atoms. The molecule has 0 radical (unpaired) electrons. The molecule has 0 amide bonds. The van der Waals surface area contributed by atoms with Gasteiger partial charge >= 0.3 is 0 Å². The van der Waals surface area contributed by atoms with Gasteiger partial charge in [0.2, 0.25) is 0 Å². The molecule has 0 fully saturated rings. The average Bonchev–Trinajstić information content (AvgIpc) is 2.71. The van der Waals surface area contributed by atoms with Gasteiger partial charge in [-0.1, -0.05) is 0 Å². The largest absolute Gasteiger partial charge is 0.296 e. The topological polar surface area (TPSA) is 47.8 Å². The van der Waals surface area contributed by atoms with E-state index in [2.05, 4.69) is 10.1 Å². The van der Waals surface area contributed by atoms with Gasteiger partial charge in [-0.05, 0) is 6.07 Å². The summed E-state index contributed by atoms with van der Waals surface area (Å²) in [6.45, 7) is 0. The van der Waals surface area contributed by atoms with Crippen LogP contribution in [-0.4, -0.2) is 21.1 Å². The highest BCUT2D eigenvalue weighted by Gasteiger charge is 2.06. The Morgan fingerprint density at radius 1 is 1.62 bits per heavy atom. The van der Waals surface area contributed by atoms with Crippen LogP contribution in [0.15, 0.2) is 17.6 Å². The maximum atomic E-state index is 10.4. The summed E-state index contributed by atoms with van der Waals surface area (Å²) in [7, 11) is 1.84. The van der Waals surface area contributed by atoms with Gasteiger partial charge in [0, 0.05) is 18.6 Å². The smallest absolute Gasteiger partial charge is 0.169 e. The van der Waals surface area contributed by atoms with Gasteiger partial charge < -0.3 is 0 Å². The van der Waals surface area contributed by atoms with Crippen molar-refractivity contribution in [3.05, 3.63) is 23.3 Å². The molecule has 2 rings (SSSR count). The van der Waals surface area contributed by atoms with E-state index in [0.29, 0.717) is 5.69 Å². The number of hydrogen-bond donors (Lipinski definition) is 0. The van der Waals surface area contributed by atoms with Crippen molar-refractivity contribution in [3.63, 3.8) is 0 Å². The summed E-state index contributed by atoms with van der Waals surface area (Å²) < 4.78 is 1.73. The number of carbonyl (C=O) groups excluding carboxylic acids is 1. The Morgan fingerprint density at radius 2 is 2.46 bits per heavy atom. The standard InChI is InChI=1S/C8H7N3OS/c1-11-7(2-3-9-11)8-10-6(4-12)5-13-8/h2-5H,1H3. The second kappa shape index (κ2) is 3.10. The summed E-state index contributed by atoms with van der Waals surface area (Å²) in [5.74, 6) is 0. The highest BCUT2D eigenvalue weighted by atomic mass is 32.1. The fourth-order valence-corrected chi connectivity index (χ4v) is 1.86. The summed E-state index contributed by atoms with van der Waals surface area (Å²) in [6, 6.07) is 1.87. The van der Waals surface area contributed by atoms with Crippen LogP contribution in [0.4, 0.5) is 0 Å². The molecular formula is C8H7N3OS. The number of aryl methyl sites for hydroxylation is 1. The number of aromatic nitrogens is 3. The first-order chi connectivity index (χ1) is 6.31. The van der Waals surface area contributed by atoms with Gasteiger partial charge in [-0.25, -0.2) is 4.98 Å². The molecule has 4 nitrogen and oxygen atoms in total. The second-order valence-electron chi connectivity index (χ2n) is 2.54. The Kier molecular flexibility index (Phi) is 1.94. The summed E-state index contributed by atoms with van der Waals surface area (Å²) in [5, 5.41) is 6.58. The van der Waals surface area contributed by atoms with Gasteiger partial charge in [-0.2, -0.15) is 5.10 Å². The van der Waals surface area contributed by atoms with Crippen molar-refractivity contribution >= 4 is 17.6 Å². The van der Waals surface area contributed by atoms with Crippen molar-refractivity contribution in [1.29, 1.82) is 0 Å². The molecule has 0 unspecified atom stereocenters. The molecule has 0 N–H and O–H groups in total. The van der Waals surface area contributed by atoms with Gasteiger partial charge in [0.1, 0.15) is 10.7 Å². The number of nitrogens with zero attached hydrogens (tertiary/aromatic N) is 3. The van der Waals surface area contributed by atoms with Crippen LogP contribution >= 0.6 is 11.3 Å². The molecule has 0 saturated heterocycles. The van der Waals surface area contributed by atoms with Crippen molar-refractivity contribution in [3.8, 4) is 10.7 Å². The zero-order valence-corrected chi connectivity index (χ0v) is 7.78. The van der Waals surface area contributed by atoms with Crippen molar-refractivity contribution in [2.75, 3.05) is 0 Å². The average molecular weight is 193 g/mol. The van der Waals surface area contributed by atoms with Crippen molar-refractivity contribution < 1.29 is 4.79 Å². The van der Waals surface area contributed by atoms with Crippen molar-refractivity contribution in [1.82, 2.24) is 14.8 Å². The lowest BCUT2D eigenvalue weighted by molar-refractivity contribution is 0.111. The van der Waals surface area contributed by atoms with E-state index < -0.39 is 0 Å². The van der Waals surface area contributed by atoms with E-state index in [1.807, 2.05) is 13.1 Å². The molecule has 0 saturated carbocycles. The summed E-state index contributed by atoms with van der Waals surface area (Å²) in [5.41, 5.74) is 1.40.